The van der Waals surface area contributed by atoms with Crippen LogP contribution in [0.5, 0.6) is 17.2 Å². The summed E-state index contributed by atoms with van der Waals surface area (Å²) < 4.78 is 16.2. The van der Waals surface area contributed by atoms with E-state index >= 15 is 0 Å². The Labute approximate surface area is 121 Å². The predicted molar refractivity (Wildman–Crippen MR) is 73.5 cm³/mol. The fourth-order valence-electron chi connectivity index (χ4n) is 1.90. The van der Waals surface area contributed by atoms with E-state index in [1.807, 2.05) is 0 Å². The van der Waals surface area contributed by atoms with Crippen molar-refractivity contribution in [2.24, 2.45) is 0 Å². The third-order valence-electron chi connectivity index (χ3n) is 2.99. The first-order valence-electron chi connectivity index (χ1n) is 6.42. The quantitative estimate of drug-likeness (QED) is 0.921. The second-order valence-corrected chi connectivity index (χ2v) is 4.78. The maximum Gasteiger partial charge on any atom is 0.273 e. The Morgan fingerprint density at radius 3 is 2.95 bits per heavy atom. The SMILES string of the molecule is CN(C)C(=O)c1cc(COc2ccc3c(c2)OCO3)[nH]n1. The van der Waals surface area contributed by atoms with Crippen LogP contribution in [0.3, 0.4) is 0 Å². The lowest BCUT2D eigenvalue weighted by Crippen LogP contribution is -2.21. The van der Waals surface area contributed by atoms with Crippen LogP contribution in [-0.2, 0) is 6.61 Å². The second kappa shape index (κ2) is 5.35. The third kappa shape index (κ3) is 2.76. The average Bonchev–Trinajstić information content (AvgIpc) is 3.12. The summed E-state index contributed by atoms with van der Waals surface area (Å²) in [5.41, 5.74) is 1.09. The fourth-order valence-corrected chi connectivity index (χ4v) is 1.90. The highest BCUT2D eigenvalue weighted by Gasteiger charge is 2.15. The van der Waals surface area contributed by atoms with E-state index in [-0.39, 0.29) is 19.3 Å². The van der Waals surface area contributed by atoms with Crippen molar-refractivity contribution in [2.75, 3.05) is 20.9 Å². The van der Waals surface area contributed by atoms with Crippen LogP contribution < -0.4 is 14.2 Å². The van der Waals surface area contributed by atoms with Gasteiger partial charge in [0, 0.05) is 20.2 Å². The number of hydrogen-bond acceptors (Lipinski definition) is 5. The van der Waals surface area contributed by atoms with Crippen molar-refractivity contribution in [2.45, 2.75) is 6.61 Å². The number of amides is 1. The highest BCUT2D eigenvalue weighted by molar-refractivity contribution is 5.91. The summed E-state index contributed by atoms with van der Waals surface area (Å²) in [6.45, 7) is 0.517. The number of nitrogens with zero attached hydrogens (tertiary/aromatic N) is 2. The van der Waals surface area contributed by atoms with E-state index in [4.69, 9.17) is 14.2 Å². The van der Waals surface area contributed by atoms with Gasteiger partial charge in [-0.2, -0.15) is 5.10 Å². The molecule has 0 saturated carbocycles. The Bertz CT molecular complexity index is 666. The van der Waals surface area contributed by atoms with Crippen molar-refractivity contribution in [3.05, 3.63) is 35.7 Å². The molecule has 0 unspecified atom stereocenters. The number of aromatic amines is 1. The maximum absolute atomic E-state index is 11.7. The molecule has 0 bridgehead atoms. The van der Waals surface area contributed by atoms with E-state index < -0.39 is 0 Å². The van der Waals surface area contributed by atoms with E-state index in [2.05, 4.69) is 10.2 Å². The Morgan fingerprint density at radius 2 is 2.14 bits per heavy atom. The van der Waals surface area contributed by atoms with Gasteiger partial charge in [0.1, 0.15) is 12.4 Å². The lowest BCUT2D eigenvalue weighted by Gasteiger charge is -2.06. The molecule has 2 aromatic rings. The van der Waals surface area contributed by atoms with E-state index in [0.717, 1.165) is 5.69 Å². The van der Waals surface area contributed by atoms with Crippen molar-refractivity contribution in [1.82, 2.24) is 15.1 Å². The fraction of sp³-hybridized carbons (Fsp3) is 0.286. The van der Waals surface area contributed by atoms with Crippen LogP contribution >= 0.6 is 0 Å². The van der Waals surface area contributed by atoms with Crippen molar-refractivity contribution in [3.8, 4) is 17.2 Å². The number of aromatic nitrogens is 2. The highest BCUT2D eigenvalue weighted by atomic mass is 16.7. The predicted octanol–water partition coefficient (Wildman–Crippen LogP) is 1.42. The molecule has 1 aromatic carbocycles. The maximum atomic E-state index is 11.7. The summed E-state index contributed by atoms with van der Waals surface area (Å²) in [5.74, 6) is 1.89. The van der Waals surface area contributed by atoms with Gasteiger partial charge >= 0.3 is 0 Å². The molecule has 0 atom stereocenters. The topological polar surface area (TPSA) is 76.7 Å². The van der Waals surface area contributed by atoms with Gasteiger partial charge in [0.25, 0.3) is 5.91 Å². The molecule has 0 spiro atoms. The molecule has 1 amide bonds. The minimum absolute atomic E-state index is 0.152. The zero-order valence-electron chi connectivity index (χ0n) is 11.8. The summed E-state index contributed by atoms with van der Waals surface area (Å²) in [6, 6.07) is 7.04. The number of fused-ring (bicyclic) bond motifs is 1. The van der Waals surface area contributed by atoms with Crippen LogP contribution in [0.4, 0.5) is 0 Å². The number of carbonyl (C=O) groups is 1. The number of carbonyl (C=O) groups excluding carboxylic acids is 1. The number of benzene rings is 1. The Morgan fingerprint density at radius 1 is 1.33 bits per heavy atom. The Hall–Kier alpha value is -2.70. The number of hydrogen-bond donors (Lipinski definition) is 1. The van der Waals surface area contributed by atoms with Crippen molar-refractivity contribution < 1.29 is 19.0 Å². The first-order chi connectivity index (χ1) is 10.1. The monoisotopic (exact) mass is 289 g/mol. The smallest absolute Gasteiger partial charge is 0.273 e. The summed E-state index contributed by atoms with van der Waals surface area (Å²) >= 11 is 0. The molecule has 1 N–H and O–H groups in total. The largest absolute Gasteiger partial charge is 0.487 e. The minimum atomic E-state index is -0.152. The second-order valence-electron chi connectivity index (χ2n) is 4.78. The summed E-state index contributed by atoms with van der Waals surface area (Å²) in [5, 5.41) is 6.75. The van der Waals surface area contributed by atoms with Gasteiger partial charge in [-0.25, -0.2) is 0 Å². The van der Waals surface area contributed by atoms with E-state index in [1.165, 1.54) is 4.90 Å². The van der Waals surface area contributed by atoms with Crippen LogP contribution in [0.1, 0.15) is 16.2 Å². The van der Waals surface area contributed by atoms with Gasteiger partial charge in [-0.05, 0) is 18.2 Å². The van der Waals surface area contributed by atoms with Gasteiger partial charge in [-0.15, -0.1) is 0 Å². The molecule has 1 aliphatic rings. The molecule has 1 aliphatic heterocycles. The van der Waals surface area contributed by atoms with Crippen molar-refractivity contribution >= 4 is 5.91 Å². The minimum Gasteiger partial charge on any atom is -0.487 e. The van der Waals surface area contributed by atoms with Crippen molar-refractivity contribution in [3.63, 3.8) is 0 Å². The molecule has 0 fully saturated rings. The Balaban J connectivity index is 1.64. The van der Waals surface area contributed by atoms with Gasteiger partial charge in [0.15, 0.2) is 17.2 Å². The number of H-pyrrole nitrogens is 1. The summed E-state index contributed by atoms with van der Waals surface area (Å²) in [4.78, 5) is 13.2. The van der Waals surface area contributed by atoms with Gasteiger partial charge in [0.05, 0.1) is 5.69 Å². The normalized spacial score (nSPS) is 12.3. The molecule has 21 heavy (non-hydrogen) atoms. The zero-order valence-corrected chi connectivity index (χ0v) is 11.8. The van der Waals surface area contributed by atoms with Crippen LogP contribution in [0.15, 0.2) is 24.3 Å². The first-order valence-corrected chi connectivity index (χ1v) is 6.42. The average molecular weight is 289 g/mol. The van der Waals surface area contributed by atoms with Crippen LogP contribution in [0.25, 0.3) is 0 Å². The number of rotatable bonds is 4. The standard InChI is InChI=1S/C14H15N3O4/c1-17(2)14(18)11-5-9(15-16-11)7-19-10-3-4-12-13(6-10)21-8-20-12/h3-6H,7-8H2,1-2H3,(H,15,16). The summed E-state index contributed by atoms with van der Waals surface area (Å²) in [7, 11) is 3.36. The lowest BCUT2D eigenvalue weighted by molar-refractivity contribution is 0.0822. The molecule has 3 rings (SSSR count). The first kappa shape index (κ1) is 13.3. The molecule has 7 heteroatoms. The molecule has 110 valence electrons. The molecule has 0 saturated heterocycles. The third-order valence-corrected chi connectivity index (χ3v) is 2.99. The van der Waals surface area contributed by atoms with Gasteiger partial charge in [-0.1, -0.05) is 0 Å². The molecule has 1 aromatic heterocycles. The highest BCUT2D eigenvalue weighted by Crippen LogP contribution is 2.35. The molecule has 0 radical (unpaired) electrons. The van der Waals surface area contributed by atoms with E-state index in [0.29, 0.717) is 22.9 Å². The van der Waals surface area contributed by atoms with E-state index in [9.17, 15) is 4.79 Å². The van der Waals surface area contributed by atoms with Gasteiger partial charge in [-0.3, -0.25) is 9.89 Å². The Kier molecular flexibility index (Phi) is 3.39. The van der Waals surface area contributed by atoms with Crippen molar-refractivity contribution in [1.29, 1.82) is 0 Å². The van der Waals surface area contributed by atoms with Crippen LogP contribution in [0, 0.1) is 0 Å². The number of nitrogens with one attached hydrogen (secondary N) is 1. The van der Waals surface area contributed by atoms with Crippen LogP contribution in [0.2, 0.25) is 0 Å². The van der Waals surface area contributed by atoms with Gasteiger partial charge in [0.2, 0.25) is 6.79 Å². The number of ether oxygens (including phenoxy) is 3. The molecule has 2 heterocycles. The zero-order chi connectivity index (χ0) is 14.8. The molecular weight excluding hydrogens is 274 g/mol. The lowest BCUT2D eigenvalue weighted by atomic mass is 10.3. The van der Waals surface area contributed by atoms with Crippen LogP contribution in [-0.4, -0.2) is 41.9 Å². The van der Waals surface area contributed by atoms with E-state index in [1.54, 1.807) is 38.4 Å². The molecule has 7 nitrogen and oxygen atoms in total. The molecular formula is C14H15N3O4. The molecule has 0 aliphatic carbocycles. The summed E-state index contributed by atoms with van der Waals surface area (Å²) in [6.07, 6.45) is 0. The van der Waals surface area contributed by atoms with Gasteiger partial charge < -0.3 is 19.1 Å².